The van der Waals surface area contributed by atoms with E-state index in [1.807, 2.05) is 35.0 Å². The summed E-state index contributed by atoms with van der Waals surface area (Å²) >= 11 is 2.96. The van der Waals surface area contributed by atoms with Crippen LogP contribution in [0, 0.1) is 5.82 Å². The highest BCUT2D eigenvalue weighted by Crippen LogP contribution is 2.34. The predicted octanol–water partition coefficient (Wildman–Crippen LogP) is 3.77. The Hall–Kier alpha value is -3.50. The van der Waals surface area contributed by atoms with Crippen LogP contribution in [-0.2, 0) is 6.54 Å². The number of nitrogens with zero attached hydrogens (tertiary/aromatic N) is 5. The zero-order chi connectivity index (χ0) is 20.7. The number of carbonyl (C=O) groups is 1. The van der Waals surface area contributed by atoms with Crippen LogP contribution in [0.4, 0.5) is 4.39 Å². The molecule has 0 N–H and O–H groups in total. The highest BCUT2D eigenvalue weighted by atomic mass is 32.1. The van der Waals surface area contributed by atoms with Gasteiger partial charge in [-0.05, 0) is 47.2 Å². The fraction of sp³-hybridized carbons (Fsp3) is 0.0500. The number of benzene rings is 1. The lowest BCUT2D eigenvalue weighted by Crippen LogP contribution is -2.26. The van der Waals surface area contributed by atoms with Gasteiger partial charge in [0.25, 0.3) is 5.78 Å². The number of carbonyl (C=O) groups excluding carboxylic acids is 1. The van der Waals surface area contributed by atoms with Crippen LogP contribution in [0.2, 0.25) is 0 Å². The first-order valence-electron chi connectivity index (χ1n) is 8.84. The molecule has 0 bridgehead atoms. The Morgan fingerprint density at radius 2 is 1.67 bits per heavy atom. The number of ketones is 1. The molecule has 1 aromatic carbocycles. The van der Waals surface area contributed by atoms with E-state index >= 15 is 0 Å². The highest BCUT2D eigenvalue weighted by Gasteiger charge is 2.22. The molecule has 10 heteroatoms. The molecule has 0 atom stereocenters. The van der Waals surface area contributed by atoms with Gasteiger partial charge in [0.15, 0.2) is 5.78 Å². The van der Waals surface area contributed by atoms with Crippen LogP contribution >= 0.6 is 22.7 Å². The minimum absolute atomic E-state index is 0.107. The van der Waals surface area contributed by atoms with Crippen molar-refractivity contribution in [3.05, 3.63) is 81.2 Å². The maximum atomic E-state index is 13.2. The molecule has 0 saturated carbocycles. The van der Waals surface area contributed by atoms with Gasteiger partial charge in [0.05, 0.1) is 9.75 Å². The molecule has 0 aliphatic carbocycles. The number of hydrogen-bond donors (Lipinski definition) is 0. The summed E-state index contributed by atoms with van der Waals surface area (Å²) in [5, 5.41) is 16.5. The lowest BCUT2D eigenvalue weighted by Gasteiger charge is -2.06. The number of aromatic nitrogens is 5. The first-order valence-corrected chi connectivity index (χ1v) is 10.6. The summed E-state index contributed by atoms with van der Waals surface area (Å²) in [6.07, 6.45) is 0. The molecule has 7 nitrogen and oxygen atoms in total. The Labute approximate surface area is 176 Å². The summed E-state index contributed by atoms with van der Waals surface area (Å²) in [5.41, 5.74) is 0.968. The molecule has 148 valence electrons. The molecule has 0 aliphatic rings. The summed E-state index contributed by atoms with van der Waals surface area (Å²) in [7, 11) is 0. The quantitative estimate of drug-likeness (QED) is 0.391. The molecule has 4 aromatic heterocycles. The molecule has 30 heavy (non-hydrogen) atoms. The average Bonchev–Trinajstić information content (AvgIpc) is 3.50. The van der Waals surface area contributed by atoms with Gasteiger partial charge >= 0.3 is 5.69 Å². The van der Waals surface area contributed by atoms with Crippen molar-refractivity contribution in [1.29, 1.82) is 0 Å². The molecule has 0 saturated heterocycles. The van der Waals surface area contributed by atoms with Gasteiger partial charge in [0, 0.05) is 5.56 Å². The standard InChI is InChI=1S/C20H12FN5O2S2/c21-13-7-5-12(6-8-13)14(27)11-25-20(28)26-18(16-4-2-10-30-16)17(15-3-1-9-29-15)22-23-19(26)24-25/h1-10H,11H2. The zero-order valence-corrected chi connectivity index (χ0v) is 16.9. The Morgan fingerprint density at radius 1 is 0.967 bits per heavy atom. The molecule has 0 spiro atoms. The Bertz CT molecular complexity index is 1400. The van der Waals surface area contributed by atoms with E-state index in [2.05, 4.69) is 15.3 Å². The average molecular weight is 437 g/mol. The van der Waals surface area contributed by atoms with E-state index in [-0.39, 0.29) is 18.1 Å². The van der Waals surface area contributed by atoms with E-state index in [1.165, 1.54) is 51.3 Å². The van der Waals surface area contributed by atoms with Gasteiger partial charge in [-0.3, -0.25) is 4.79 Å². The first kappa shape index (κ1) is 18.5. The van der Waals surface area contributed by atoms with Crippen LogP contribution in [0.25, 0.3) is 26.9 Å². The lowest BCUT2D eigenvalue weighted by atomic mass is 10.1. The lowest BCUT2D eigenvalue weighted by molar-refractivity contribution is 0.0966. The number of thiophene rings is 2. The zero-order valence-electron chi connectivity index (χ0n) is 15.2. The molecule has 5 rings (SSSR count). The first-order chi connectivity index (χ1) is 14.6. The van der Waals surface area contributed by atoms with Crippen molar-refractivity contribution in [1.82, 2.24) is 24.4 Å². The summed E-state index contributed by atoms with van der Waals surface area (Å²) in [6.45, 7) is -0.286. The predicted molar refractivity (Wildman–Crippen MR) is 112 cm³/mol. The van der Waals surface area contributed by atoms with E-state index in [1.54, 1.807) is 0 Å². The van der Waals surface area contributed by atoms with Gasteiger partial charge in [0.2, 0.25) is 0 Å². The van der Waals surface area contributed by atoms with Gasteiger partial charge in [-0.1, -0.05) is 12.1 Å². The second kappa shape index (κ2) is 7.39. The summed E-state index contributed by atoms with van der Waals surface area (Å²) < 4.78 is 15.6. The molecule has 0 radical (unpaired) electrons. The normalized spacial score (nSPS) is 11.2. The molecule has 0 aliphatic heterocycles. The third-order valence-corrected chi connectivity index (χ3v) is 6.23. The fourth-order valence-electron chi connectivity index (χ4n) is 3.09. The SMILES string of the molecule is O=C(Cn1nc2nnc(-c3cccs3)c(-c3cccs3)n2c1=O)c1ccc(F)cc1. The van der Waals surface area contributed by atoms with Gasteiger partial charge in [-0.2, -0.15) is 0 Å². The fourth-order valence-corrected chi connectivity index (χ4v) is 4.56. The van der Waals surface area contributed by atoms with E-state index in [9.17, 15) is 14.0 Å². The van der Waals surface area contributed by atoms with Gasteiger partial charge < -0.3 is 0 Å². The second-order valence-electron chi connectivity index (χ2n) is 6.36. The summed E-state index contributed by atoms with van der Waals surface area (Å²) in [6, 6.07) is 12.8. The smallest absolute Gasteiger partial charge is 0.292 e. The molecular weight excluding hydrogens is 425 g/mol. The summed E-state index contributed by atoms with van der Waals surface area (Å²) in [4.78, 5) is 27.4. The van der Waals surface area contributed by atoms with Crippen molar-refractivity contribution in [2.24, 2.45) is 0 Å². The number of Topliss-reactive ketones (excluding diaryl/α,β-unsaturated/α-hetero) is 1. The van der Waals surface area contributed by atoms with Crippen LogP contribution in [0.5, 0.6) is 0 Å². The van der Waals surface area contributed by atoms with Crippen LogP contribution in [0.15, 0.2) is 64.1 Å². The van der Waals surface area contributed by atoms with Crippen molar-refractivity contribution < 1.29 is 9.18 Å². The third kappa shape index (κ3) is 3.15. The van der Waals surface area contributed by atoms with Gasteiger partial charge in [0.1, 0.15) is 23.7 Å². The highest BCUT2D eigenvalue weighted by molar-refractivity contribution is 7.14. The van der Waals surface area contributed by atoms with Crippen LogP contribution < -0.4 is 5.69 Å². The van der Waals surface area contributed by atoms with E-state index in [4.69, 9.17) is 0 Å². The van der Waals surface area contributed by atoms with E-state index < -0.39 is 11.5 Å². The van der Waals surface area contributed by atoms with Crippen LogP contribution in [-0.4, -0.2) is 30.2 Å². The minimum atomic E-state index is -0.489. The Kier molecular flexibility index (Phi) is 4.57. The number of halogens is 1. The largest absolute Gasteiger partial charge is 0.352 e. The van der Waals surface area contributed by atoms with Crippen LogP contribution in [0.3, 0.4) is 0 Å². The topological polar surface area (TPSA) is 82.2 Å². The maximum Gasteiger partial charge on any atom is 0.352 e. The number of hydrogen-bond acceptors (Lipinski definition) is 7. The molecule has 0 amide bonds. The molecule has 4 heterocycles. The van der Waals surface area contributed by atoms with Crippen molar-refractivity contribution >= 4 is 34.2 Å². The van der Waals surface area contributed by atoms with Gasteiger partial charge in [-0.15, -0.1) is 38.0 Å². The number of rotatable bonds is 5. The molecule has 0 fully saturated rings. The molecular formula is C20H12FN5O2S2. The number of fused-ring (bicyclic) bond motifs is 1. The third-order valence-electron chi connectivity index (χ3n) is 4.48. The Balaban J connectivity index is 1.65. The minimum Gasteiger partial charge on any atom is -0.292 e. The van der Waals surface area contributed by atoms with Crippen molar-refractivity contribution in [2.45, 2.75) is 6.54 Å². The van der Waals surface area contributed by atoms with Crippen molar-refractivity contribution in [3.8, 4) is 21.1 Å². The van der Waals surface area contributed by atoms with E-state index in [0.29, 0.717) is 17.0 Å². The Morgan fingerprint density at radius 3 is 2.33 bits per heavy atom. The van der Waals surface area contributed by atoms with E-state index in [0.717, 1.165) is 14.4 Å². The second-order valence-corrected chi connectivity index (χ2v) is 8.25. The monoisotopic (exact) mass is 437 g/mol. The molecule has 5 aromatic rings. The van der Waals surface area contributed by atoms with Gasteiger partial charge in [-0.25, -0.2) is 18.3 Å². The van der Waals surface area contributed by atoms with Crippen molar-refractivity contribution in [3.63, 3.8) is 0 Å². The maximum absolute atomic E-state index is 13.2. The van der Waals surface area contributed by atoms with Crippen molar-refractivity contribution in [2.75, 3.05) is 0 Å². The summed E-state index contributed by atoms with van der Waals surface area (Å²) in [5.74, 6) is -0.686. The van der Waals surface area contributed by atoms with Crippen LogP contribution in [0.1, 0.15) is 10.4 Å². The molecule has 0 unspecified atom stereocenters.